The Morgan fingerprint density at radius 1 is 1.18 bits per heavy atom. The predicted molar refractivity (Wildman–Crippen MR) is 76.4 cm³/mol. The van der Waals surface area contributed by atoms with E-state index in [1.807, 2.05) is 0 Å². The van der Waals surface area contributed by atoms with Gasteiger partial charge in [0.2, 0.25) is 0 Å². The maximum atomic E-state index is 3.65. The summed E-state index contributed by atoms with van der Waals surface area (Å²) in [5, 5.41) is 3.65. The molecule has 1 heterocycles. The van der Waals surface area contributed by atoms with Crippen molar-refractivity contribution >= 4 is 0 Å². The number of nitrogens with one attached hydrogen (secondary N) is 1. The normalized spacial score (nSPS) is 22.2. The third kappa shape index (κ3) is 7.05. The Hall–Kier alpha value is -0.0800. The lowest BCUT2D eigenvalue weighted by Gasteiger charge is -2.34. The largest absolute Gasteiger partial charge is 0.311 e. The van der Waals surface area contributed by atoms with Crippen molar-refractivity contribution in [1.29, 1.82) is 0 Å². The number of hydrogen-bond donors (Lipinski definition) is 1. The summed E-state index contributed by atoms with van der Waals surface area (Å²) in [6.45, 7) is 12.0. The van der Waals surface area contributed by atoms with Crippen molar-refractivity contribution < 1.29 is 0 Å². The molecule has 0 bridgehead atoms. The summed E-state index contributed by atoms with van der Waals surface area (Å²) < 4.78 is 0. The molecule has 1 N–H and O–H groups in total. The van der Waals surface area contributed by atoms with Gasteiger partial charge in [0.1, 0.15) is 0 Å². The summed E-state index contributed by atoms with van der Waals surface area (Å²) >= 11 is 0. The Kier molecular flexibility index (Phi) is 7.87. The molecule has 0 aromatic rings. The summed E-state index contributed by atoms with van der Waals surface area (Å²) in [7, 11) is 0. The summed E-state index contributed by atoms with van der Waals surface area (Å²) in [5.41, 5.74) is 0. The second-order valence-corrected chi connectivity index (χ2v) is 6.00. The predicted octanol–water partition coefficient (Wildman–Crippen LogP) is 3.28. The van der Waals surface area contributed by atoms with Crippen molar-refractivity contribution in [2.75, 3.05) is 26.2 Å². The zero-order valence-corrected chi connectivity index (χ0v) is 12.2. The molecule has 0 saturated carbocycles. The molecule has 0 amide bonds. The first-order valence-electron chi connectivity index (χ1n) is 7.68. The number of unbranched alkanes of at least 4 members (excludes halogenated alkanes) is 4. The maximum absolute atomic E-state index is 3.65. The summed E-state index contributed by atoms with van der Waals surface area (Å²) in [5.74, 6) is 0.817. The molecule has 0 aromatic carbocycles. The van der Waals surface area contributed by atoms with E-state index < -0.39 is 0 Å². The quantitative estimate of drug-likeness (QED) is 0.655. The SMILES string of the molecule is CCCCCCCN1CCNC(CC(C)C)C1. The first-order chi connectivity index (χ1) is 8.22. The molecule has 0 aromatic heterocycles. The van der Waals surface area contributed by atoms with Crippen molar-refractivity contribution in [2.24, 2.45) is 5.92 Å². The highest BCUT2D eigenvalue weighted by molar-refractivity contribution is 4.79. The minimum absolute atomic E-state index is 0.736. The van der Waals surface area contributed by atoms with Gasteiger partial charge in [0.15, 0.2) is 0 Å². The molecule has 2 heteroatoms. The van der Waals surface area contributed by atoms with E-state index in [4.69, 9.17) is 0 Å². The van der Waals surface area contributed by atoms with Gasteiger partial charge in [-0.05, 0) is 25.3 Å². The minimum Gasteiger partial charge on any atom is -0.311 e. The van der Waals surface area contributed by atoms with Crippen LogP contribution in [0.4, 0.5) is 0 Å². The fourth-order valence-corrected chi connectivity index (χ4v) is 2.76. The Balaban J connectivity index is 2.08. The molecular formula is C15H32N2. The number of piperazine rings is 1. The fraction of sp³-hybridized carbons (Fsp3) is 1.00. The van der Waals surface area contributed by atoms with Crippen LogP contribution in [0.2, 0.25) is 0 Å². The van der Waals surface area contributed by atoms with Gasteiger partial charge < -0.3 is 10.2 Å². The Labute approximate surface area is 108 Å². The Bertz CT molecular complexity index is 180. The van der Waals surface area contributed by atoms with Crippen molar-refractivity contribution in [1.82, 2.24) is 10.2 Å². The van der Waals surface area contributed by atoms with E-state index in [2.05, 4.69) is 31.0 Å². The van der Waals surface area contributed by atoms with Gasteiger partial charge in [-0.2, -0.15) is 0 Å². The highest BCUT2D eigenvalue weighted by Crippen LogP contribution is 2.11. The number of rotatable bonds is 8. The Morgan fingerprint density at radius 3 is 2.65 bits per heavy atom. The van der Waals surface area contributed by atoms with Gasteiger partial charge in [-0.3, -0.25) is 0 Å². The number of hydrogen-bond acceptors (Lipinski definition) is 2. The molecule has 102 valence electrons. The molecule has 1 fully saturated rings. The van der Waals surface area contributed by atoms with E-state index in [9.17, 15) is 0 Å². The molecule has 0 radical (unpaired) electrons. The van der Waals surface area contributed by atoms with Crippen molar-refractivity contribution in [2.45, 2.75) is 65.3 Å². The molecular weight excluding hydrogens is 208 g/mol. The highest BCUT2D eigenvalue weighted by atomic mass is 15.2. The van der Waals surface area contributed by atoms with Crippen LogP contribution in [0.3, 0.4) is 0 Å². The van der Waals surface area contributed by atoms with Crippen LogP contribution in [0, 0.1) is 5.92 Å². The van der Waals surface area contributed by atoms with Gasteiger partial charge in [0, 0.05) is 25.7 Å². The maximum Gasteiger partial charge on any atom is 0.0197 e. The number of nitrogens with zero attached hydrogens (tertiary/aromatic N) is 1. The zero-order valence-electron chi connectivity index (χ0n) is 12.2. The molecule has 1 saturated heterocycles. The van der Waals surface area contributed by atoms with Gasteiger partial charge in [0.25, 0.3) is 0 Å². The van der Waals surface area contributed by atoms with Crippen LogP contribution < -0.4 is 5.32 Å². The third-order valence-electron chi connectivity index (χ3n) is 3.67. The van der Waals surface area contributed by atoms with Crippen LogP contribution >= 0.6 is 0 Å². The summed E-state index contributed by atoms with van der Waals surface area (Å²) in [4.78, 5) is 2.66. The van der Waals surface area contributed by atoms with Crippen LogP contribution in [0.1, 0.15) is 59.3 Å². The van der Waals surface area contributed by atoms with Gasteiger partial charge >= 0.3 is 0 Å². The summed E-state index contributed by atoms with van der Waals surface area (Å²) in [6.07, 6.45) is 8.34. The van der Waals surface area contributed by atoms with Crippen molar-refractivity contribution in [3.63, 3.8) is 0 Å². The van der Waals surface area contributed by atoms with E-state index in [1.165, 1.54) is 64.7 Å². The molecule has 0 aliphatic carbocycles. The molecule has 1 aliphatic rings. The molecule has 1 atom stereocenters. The van der Waals surface area contributed by atoms with E-state index in [-0.39, 0.29) is 0 Å². The van der Waals surface area contributed by atoms with E-state index in [0.29, 0.717) is 0 Å². The van der Waals surface area contributed by atoms with Crippen molar-refractivity contribution in [3.8, 4) is 0 Å². The second-order valence-electron chi connectivity index (χ2n) is 6.00. The van der Waals surface area contributed by atoms with E-state index in [0.717, 1.165) is 12.0 Å². The van der Waals surface area contributed by atoms with Gasteiger partial charge in [-0.25, -0.2) is 0 Å². The smallest absolute Gasteiger partial charge is 0.0197 e. The van der Waals surface area contributed by atoms with E-state index >= 15 is 0 Å². The lowest BCUT2D eigenvalue weighted by molar-refractivity contribution is 0.183. The van der Waals surface area contributed by atoms with Crippen LogP contribution in [-0.2, 0) is 0 Å². The van der Waals surface area contributed by atoms with E-state index in [1.54, 1.807) is 0 Å². The molecule has 2 nitrogen and oxygen atoms in total. The zero-order chi connectivity index (χ0) is 12.5. The van der Waals surface area contributed by atoms with Gasteiger partial charge in [-0.15, -0.1) is 0 Å². The first-order valence-corrected chi connectivity index (χ1v) is 7.68. The third-order valence-corrected chi connectivity index (χ3v) is 3.67. The molecule has 1 rings (SSSR count). The van der Waals surface area contributed by atoms with Gasteiger partial charge in [-0.1, -0.05) is 46.5 Å². The van der Waals surface area contributed by atoms with Crippen LogP contribution in [0.25, 0.3) is 0 Å². The molecule has 1 unspecified atom stereocenters. The lowest BCUT2D eigenvalue weighted by Crippen LogP contribution is -2.51. The summed E-state index contributed by atoms with van der Waals surface area (Å²) in [6, 6.07) is 0.736. The topological polar surface area (TPSA) is 15.3 Å². The fourth-order valence-electron chi connectivity index (χ4n) is 2.76. The van der Waals surface area contributed by atoms with Crippen molar-refractivity contribution in [3.05, 3.63) is 0 Å². The first kappa shape index (κ1) is 15.0. The molecule has 17 heavy (non-hydrogen) atoms. The molecule has 1 aliphatic heterocycles. The Morgan fingerprint density at radius 2 is 1.94 bits per heavy atom. The van der Waals surface area contributed by atoms with Crippen LogP contribution in [0.5, 0.6) is 0 Å². The average Bonchev–Trinajstić information content (AvgIpc) is 2.28. The average molecular weight is 240 g/mol. The van der Waals surface area contributed by atoms with Crippen LogP contribution in [0.15, 0.2) is 0 Å². The lowest BCUT2D eigenvalue weighted by atomic mass is 10.0. The van der Waals surface area contributed by atoms with Crippen LogP contribution in [-0.4, -0.2) is 37.1 Å². The monoisotopic (exact) mass is 240 g/mol. The highest BCUT2D eigenvalue weighted by Gasteiger charge is 2.19. The molecule has 0 spiro atoms. The second kappa shape index (κ2) is 8.93. The standard InChI is InChI=1S/C15H32N2/c1-4-5-6-7-8-10-17-11-9-16-15(13-17)12-14(2)3/h14-16H,4-13H2,1-3H3. The van der Waals surface area contributed by atoms with Gasteiger partial charge in [0.05, 0.1) is 0 Å². The minimum atomic E-state index is 0.736.